The summed E-state index contributed by atoms with van der Waals surface area (Å²) >= 11 is 3.11. The van der Waals surface area contributed by atoms with E-state index >= 15 is 0 Å². The van der Waals surface area contributed by atoms with E-state index in [1.54, 1.807) is 11.8 Å². The van der Waals surface area contributed by atoms with Crippen molar-refractivity contribution in [2.75, 3.05) is 44.3 Å². The Bertz CT molecular complexity index is 721. The van der Waals surface area contributed by atoms with Gasteiger partial charge >= 0.3 is 0 Å². The number of nitrogens with zero attached hydrogens (tertiary/aromatic N) is 2. The molecule has 0 spiro atoms. The normalized spacial score (nSPS) is 25.4. The minimum Gasteiger partial charge on any atom is -0.364 e. The van der Waals surface area contributed by atoms with Crippen molar-refractivity contribution in [1.29, 1.82) is 0 Å². The third-order valence-corrected chi connectivity index (χ3v) is 7.06. The Morgan fingerprint density at radius 1 is 1.19 bits per heavy atom. The number of carbonyl (C=O) groups excluding carboxylic acids is 2. The molecule has 0 radical (unpaired) electrons. The van der Waals surface area contributed by atoms with E-state index in [2.05, 4.69) is 22.6 Å². The minimum atomic E-state index is -0.353. The van der Waals surface area contributed by atoms with E-state index in [-0.39, 0.29) is 22.6 Å². The number of hydrogen-bond donors (Lipinski definition) is 2. The molecule has 2 atom stereocenters. The third kappa shape index (κ3) is 3.58. The van der Waals surface area contributed by atoms with Crippen LogP contribution in [0.4, 0.5) is 5.69 Å². The van der Waals surface area contributed by atoms with Gasteiger partial charge in [-0.3, -0.25) is 9.59 Å². The van der Waals surface area contributed by atoms with Crippen LogP contribution < -0.4 is 10.6 Å². The zero-order valence-electron chi connectivity index (χ0n) is 14.6. The number of nitrogens with one attached hydrogen (secondary N) is 2. The van der Waals surface area contributed by atoms with Crippen LogP contribution in [0.1, 0.15) is 0 Å². The van der Waals surface area contributed by atoms with Gasteiger partial charge in [0.05, 0.1) is 0 Å². The smallest absolute Gasteiger partial charge is 0.254 e. The van der Waals surface area contributed by atoms with Gasteiger partial charge in [-0.2, -0.15) is 0 Å². The third-order valence-electron chi connectivity index (χ3n) is 4.82. The van der Waals surface area contributed by atoms with Crippen LogP contribution in [0.25, 0.3) is 0 Å². The van der Waals surface area contributed by atoms with Gasteiger partial charge in [-0.1, -0.05) is 30.0 Å². The van der Waals surface area contributed by atoms with Crippen molar-refractivity contribution >= 4 is 41.0 Å². The van der Waals surface area contributed by atoms with E-state index in [0.29, 0.717) is 5.57 Å². The van der Waals surface area contributed by atoms with Crippen LogP contribution in [-0.4, -0.2) is 71.3 Å². The summed E-state index contributed by atoms with van der Waals surface area (Å²) in [6, 6.07) is 7.90. The lowest BCUT2D eigenvalue weighted by Gasteiger charge is -2.33. The SMILES string of the molecule is CN1CCN(C(=O)C2=CCSC2NC(=O)C2Nc3ccccc3S2)CC1. The first-order chi connectivity index (χ1) is 12.6. The van der Waals surface area contributed by atoms with Gasteiger partial charge in [0.15, 0.2) is 5.37 Å². The van der Waals surface area contributed by atoms with Gasteiger partial charge in [0.25, 0.3) is 11.8 Å². The summed E-state index contributed by atoms with van der Waals surface area (Å²) in [4.78, 5) is 30.7. The van der Waals surface area contributed by atoms with Gasteiger partial charge in [0.2, 0.25) is 0 Å². The zero-order chi connectivity index (χ0) is 18.1. The number of para-hydroxylation sites is 1. The van der Waals surface area contributed by atoms with Crippen LogP contribution in [0.5, 0.6) is 0 Å². The van der Waals surface area contributed by atoms with Gasteiger partial charge < -0.3 is 20.4 Å². The van der Waals surface area contributed by atoms with Crippen LogP contribution in [-0.2, 0) is 9.59 Å². The molecule has 3 heterocycles. The summed E-state index contributed by atoms with van der Waals surface area (Å²) in [5.74, 6) is 0.733. The summed E-state index contributed by atoms with van der Waals surface area (Å²) in [7, 11) is 2.07. The highest BCUT2D eigenvalue weighted by molar-refractivity contribution is 8.01. The molecular formula is C18H22N4O2S2. The molecule has 0 bridgehead atoms. The molecule has 138 valence electrons. The van der Waals surface area contributed by atoms with Crippen LogP contribution in [0.15, 0.2) is 40.8 Å². The second-order valence-corrected chi connectivity index (χ2v) is 8.90. The zero-order valence-corrected chi connectivity index (χ0v) is 16.2. The molecule has 2 N–H and O–H groups in total. The standard InChI is InChI=1S/C18H22N4O2S2/c1-21-7-9-22(10-8-21)18(24)12-6-11-25-16(12)20-15(23)17-19-13-4-2-3-5-14(13)26-17/h2-6,16-17,19H,7-11H2,1H3,(H,20,23). The van der Waals surface area contributed by atoms with E-state index in [1.165, 1.54) is 11.8 Å². The molecule has 1 aromatic carbocycles. The Kier molecular flexibility index (Phi) is 5.15. The first-order valence-electron chi connectivity index (χ1n) is 8.74. The lowest BCUT2D eigenvalue weighted by Crippen LogP contribution is -2.49. The lowest BCUT2D eigenvalue weighted by molar-refractivity contribution is -0.128. The summed E-state index contributed by atoms with van der Waals surface area (Å²) in [6.07, 6.45) is 1.96. The number of benzene rings is 1. The number of fused-ring (bicyclic) bond motifs is 1. The highest BCUT2D eigenvalue weighted by Crippen LogP contribution is 2.38. The number of amides is 2. The average Bonchev–Trinajstić information content (AvgIpc) is 3.28. The molecule has 0 saturated carbocycles. The number of hydrogen-bond acceptors (Lipinski definition) is 6. The van der Waals surface area contributed by atoms with Gasteiger partial charge in [0.1, 0.15) is 5.37 Å². The average molecular weight is 391 g/mol. The van der Waals surface area contributed by atoms with E-state index in [0.717, 1.165) is 42.5 Å². The Morgan fingerprint density at radius 3 is 2.73 bits per heavy atom. The van der Waals surface area contributed by atoms with Crippen molar-refractivity contribution < 1.29 is 9.59 Å². The molecule has 26 heavy (non-hydrogen) atoms. The van der Waals surface area contributed by atoms with Crippen LogP contribution in [0.3, 0.4) is 0 Å². The summed E-state index contributed by atoms with van der Waals surface area (Å²) in [6.45, 7) is 3.27. The quantitative estimate of drug-likeness (QED) is 0.814. The van der Waals surface area contributed by atoms with E-state index in [4.69, 9.17) is 0 Å². The number of likely N-dealkylation sites (N-methyl/N-ethyl adjacent to an activating group) is 1. The van der Waals surface area contributed by atoms with Gasteiger partial charge in [-0.05, 0) is 19.2 Å². The fourth-order valence-corrected chi connectivity index (χ4v) is 5.32. The molecule has 1 aromatic rings. The summed E-state index contributed by atoms with van der Waals surface area (Å²) < 4.78 is 0. The Morgan fingerprint density at radius 2 is 1.96 bits per heavy atom. The number of rotatable bonds is 3. The van der Waals surface area contributed by atoms with Crippen LogP contribution >= 0.6 is 23.5 Å². The molecule has 1 saturated heterocycles. The molecule has 8 heteroatoms. The maximum atomic E-state index is 12.9. The summed E-state index contributed by atoms with van der Waals surface area (Å²) in [5.41, 5.74) is 1.70. The molecule has 0 aliphatic carbocycles. The fourth-order valence-electron chi connectivity index (χ4n) is 3.25. The van der Waals surface area contributed by atoms with Crippen molar-refractivity contribution in [1.82, 2.24) is 15.1 Å². The minimum absolute atomic E-state index is 0.0590. The molecule has 3 aliphatic rings. The second-order valence-electron chi connectivity index (χ2n) is 6.62. The van der Waals surface area contributed by atoms with Crippen molar-refractivity contribution in [3.05, 3.63) is 35.9 Å². The number of carbonyl (C=O) groups is 2. The van der Waals surface area contributed by atoms with Crippen molar-refractivity contribution in [3.8, 4) is 0 Å². The molecule has 0 aromatic heterocycles. The topological polar surface area (TPSA) is 64.7 Å². The molecule has 1 fully saturated rings. The molecule has 2 unspecified atom stereocenters. The number of thioether (sulfide) groups is 2. The summed E-state index contributed by atoms with van der Waals surface area (Å²) in [5, 5.41) is 5.67. The van der Waals surface area contributed by atoms with Crippen LogP contribution in [0, 0.1) is 0 Å². The van der Waals surface area contributed by atoms with E-state index in [9.17, 15) is 9.59 Å². The lowest BCUT2D eigenvalue weighted by atomic mass is 10.2. The Labute approximate surface area is 161 Å². The largest absolute Gasteiger partial charge is 0.364 e. The van der Waals surface area contributed by atoms with Crippen molar-refractivity contribution in [2.24, 2.45) is 0 Å². The molecular weight excluding hydrogens is 368 g/mol. The Hall–Kier alpha value is -1.64. The molecule has 6 nitrogen and oxygen atoms in total. The maximum Gasteiger partial charge on any atom is 0.254 e. The van der Waals surface area contributed by atoms with Crippen molar-refractivity contribution in [2.45, 2.75) is 15.6 Å². The Balaban J connectivity index is 1.37. The first kappa shape index (κ1) is 17.8. The van der Waals surface area contributed by atoms with Gasteiger partial charge in [-0.25, -0.2) is 0 Å². The van der Waals surface area contributed by atoms with Crippen LogP contribution in [0.2, 0.25) is 0 Å². The van der Waals surface area contributed by atoms with Crippen molar-refractivity contribution in [3.63, 3.8) is 0 Å². The first-order valence-corrected chi connectivity index (χ1v) is 10.7. The fraction of sp³-hybridized carbons (Fsp3) is 0.444. The molecule has 2 amide bonds. The predicted molar refractivity (Wildman–Crippen MR) is 106 cm³/mol. The van der Waals surface area contributed by atoms with Gasteiger partial charge in [0, 0.05) is 48.1 Å². The monoisotopic (exact) mass is 390 g/mol. The van der Waals surface area contributed by atoms with E-state index < -0.39 is 0 Å². The highest BCUT2D eigenvalue weighted by atomic mass is 32.2. The number of anilines is 1. The number of piperazine rings is 1. The molecule has 3 aliphatic heterocycles. The van der Waals surface area contributed by atoms with E-state index in [1.807, 2.05) is 35.2 Å². The maximum absolute atomic E-state index is 12.9. The second kappa shape index (κ2) is 7.54. The van der Waals surface area contributed by atoms with Gasteiger partial charge in [-0.15, -0.1) is 11.8 Å². The predicted octanol–water partition coefficient (Wildman–Crippen LogP) is 1.42. The highest BCUT2D eigenvalue weighted by Gasteiger charge is 2.34. The molecule has 4 rings (SSSR count).